The maximum atomic E-state index is 13.8. The molecule has 0 bridgehead atoms. The quantitative estimate of drug-likeness (QED) is 0.838. The highest BCUT2D eigenvalue weighted by molar-refractivity contribution is 5.33. The van der Waals surface area contributed by atoms with Crippen molar-refractivity contribution in [3.8, 4) is 5.75 Å². The first-order valence-corrected chi connectivity index (χ1v) is 7.41. The molecule has 0 saturated carbocycles. The van der Waals surface area contributed by atoms with Gasteiger partial charge in [-0.15, -0.1) is 0 Å². The van der Waals surface area contributed by atoms with Crippen molar-refractivity contribution in [1.29, 1.82) is 0 Å². The molecule has 1 atom stereocenters. The maximum absolute atomic E-state index is 13.8. The van der Waals surface area contributed by atoms with Crippen LogP contribution >= 0.6 is 0 Å². The van der Waals surface area contributed by atoms with Crippen molar-refractivity contribution >= 4 is 0 Å². The van der Waals surface area contributed by atoms with E-state index in [9.17, 15) is 4.39 Å². The van der Waals surface area contributed by atoms with Crippen molar-refractivity contribution < 1.29 is 9.13 Å². The Morgan fingerprint density at radius 1 is 1.10 bits per heavy atom. The summed E-state index contributed by atoms with van der Waals surface area (Å²) in [6.45, 7) is 3.05. The van der Waals surface area contributed by atoms with Gasteiger partial charge >= 0.3 is 0 Å². The monoisotopic (exact) mass is 287 g/mol. The Morgan fingerprint density at radius 3 is 2.52 bits per heavy atom. The van der Waals surface area contributed by atoms with Crippen LogP contribution in [0, 0.1) is 5.82 Å². The Morgan fingerprint density at radius 2 is 1.81 bits per heavy atom. The molecule has 0 fully saturated rings. The van der Waals surface area contributed by atoms with E-state index in [0.717, 1.165) is 12.2 Å². The highest BCUT2D eigenvalue weighted by atomic mass is 19.1. The van der Waals surface area contributed by atoms with Crippen LogP contribution in [0.5, 0.6) is 5.75 Å². The number of para-hydroxylation sites is 1. The van der Waals surface area contributed by atoms with Crippen molar-refractivity contribution in [3.05, 3.63) is 65.5 Å². The lowest BCUT2D eigenvalue weighted by Crippen LogP contribution is -2.17. The zero-order valence-corrected chi connectivity index (χ0v) is 12.4. The summed E-state index contributed by atoms with van der Waals surface area (Å²) in [4.78, 5) is 0. The summed E-state index contributed by atoms with van der Waals surface area (Å²) in [6.07, 6.45) is 1.64. The van der Waals surface area contributed by atoms with Crippen LogP contribution in [0.1, 0.15) is 30.4 Å². The van der Waals surface area contributed by atoms with Gasteiger partial charge in [-0.2, -0.15) is 0 Å². The van der Waals surface area contributed by atoms with Gasteiger partial charge in [-0.25, -0.2) is 4.39 Å². The third-order valence-corrected chi connectivity index (χ3v) is 3.71. The standard InChI is InChI=1S/C18H22FNO/c1-2-14-7-3-6-10-18(14)21-12-11-15(13-20)16-8-4-5-9-17(16)19/h3-10,15H,2,11-13,20H2,1H3. The topological polar surface area (TPSA) is 35.2 Å². The van der Waals surface area contributed by atoms with E-state index in [1.807, 2.05) is 24.3 Å². The number of rotatable bonds is 7. The van der Waals surface area contributed by atoms with Crippen molar-refractivity contribution in [1.82, 2.24) is 0 Å². The molecule has 112 valence electrons. The number of halogens is 1. The zero-order chi connectivity index (χ0) is 15.1. The van der Waals surface area contributed by atoms with Crippen LogP contribution in [-0.4, -0.2) is 13.2 Å². The summed E-state index contributed by atoms with van der Waals surface area (Å²) in [6, 6.07) is 14.8. The predicted octanol–water partition coefficient (Wildman–Crippen LogP) is 3.90. The van der Waals surface area contributed by atoms with Gasteiger partial charge in [0, 0.05) is 5.92 Å². The maximum Gasteiger partial charge on any atom is 0.126 e. The Balaban J connectivity index is 1.97. The molecule has 0 heterocycles. The van der Waals surface area contributed by atoms with E-state index in [1.54, 1.807) is 12.1 Å². The molecule has 2 aromatic carbocycles. The summed E-state index contributed by atoms with van der Waals surface area (Å²) < 4.78 is 19.6. The van der Waals surface area contributed by atoms with E-state index in [2.05, 4.69) is 13.0 Å². The molecule has 21 heavy (non-hydrogen) atoms. The fraction of sp³-hybridized carbons (Fsp3) is 0.333. The fourth-order valence-electron chi connectivity index (χ4n) is 2.45. The van der Waals surface area contributed by atoms with Gasteiger partial charge in [0.15, 0.2) is 0 Å². The van der Waals surface area contributed by atoms with Crippen LogP contribution in [0.3, 0.4) is 0 Å². The van der Waals surface area contributed by atoms with Gasteiger partial charge in [-0.1, -0.05) is 43.3 Å². The van der Waals surface area contributed by atoms with E-state index in [0.29, 0.717) is 25.1 Å². The molecule has 0 saturated heterocycles. The Hall–Kier alpha value is -1.87. The van der Waals surface area contributed by atoms with Gasteiger partial charge in [0.1, 0.15) is 11.6 Å². The Kier molecular flexibility index (Phi) is 5.76. The van der Waals surface area contributed by atoms with Gasteiger partial charge in [-0.05, 0) is 42.6 Å². The van der Waals surface area contributed by atoms with Crippen molar-refractivity contribution in [3.63, 3.8) is 0 Å². The fourth-order valence-corrected chi connectivity index (χ4v) is 2.45. The minimum absolute atomic E-state index is 0.0139. The van der Waals surface area contributed by atoms with Crippen molar-refractivity contribution in [2.24, 2.45) is 5.73 Å². The Labute approximate surface area is 125 Å². The predicted molar refractivity (Wildman–Crippen MR) is 84.1 cm³/mol. The first-order chi connectivity index (χ1) is 10.3. The minimum Gasteiger partial charge on any atom is -0.493 e. The average molecular weight is 287 g/mol. The van der Waals surface area contributed by atoms with Gasteiger partial charge in [-0.3, -0.25) is 0 Å². The molecule has 0 spiro atoms. The normalized spacial score (nSPS) is 12.1. The average Bonchev–Trinajstić information content (AvgIpc) is 2.53. The summed E-state index contributed by atoms with van der Waals surface area (Å²) in [7, 11) is 0. The number of hydrogen-bond acceptors (Lipinski definition) is 2. The molecule has 0 radical (unpaired) electrons. The molecule has 0 aliphatic heterocycles. The van der Waals surface area contributed by atoms with Gasteiger partial charge in [0.05, 0.1) is 6.61 Å². The van der Waals surface area contributed by atoms with Gasteiger partial charge in [0.25, 0.3) is 0 Å². The second-order valence-electron chi connectivity index (χ2n) is 5.05. The number of ether oxygens (including phenoxy) is 1. The first kappa shape index (κ1) is 15.5. The van der Waals surface area contributed by atoms with Crippen LogP contribution in [0.4, 0.5) is 4.39 Å². The molecule has 0 aliphatic carbocycles. The zero-order valence-electron chi connectivity index (χ0n) is 12.4. The Bertz CT molecular complexity index is 571. The molecular weight excluding hydrogens is 265 g/mol. The highest BCUT2D eigenvalue weighted by Gasteiger charge is 2.14. The van der Waals surface area contributed by atoms with Crippen LogP contribution in [0.2, 0.25) is 0 Å². The largest absolute Gasteiger partial charge is 0.493 e. The number of benzene rings is 2. The van der Waals surface area contributed by atoms with Crippen LogP contribution in [0.15, 0.2) is 48.5 Å². The molecular formula is C18H22FNO. The second kappa shape index (κ2) is 7.79. The molecule has 2 rings (SSSR count). The summed E-state index contributed by atoms with van der Waals surface area (Å²) in [5.41, 5.74) is 7.65. The summed E-state index contributed by atoms with van der Waals surface area (Å²) in [5.74, 6) is 0.700. The lowest BCUT2D eigenvalue weighted by atomic mass is 9.96. The van der Waals surface area contributed by atoms with E-state index in [1.165, 1.54) is 11.6 Å². The summed E-state index contributed by atoms with van der Waals surface area (Å²) in [5, 5.41) is 0. The lowest BCUT2D eigenvalue weighted by Gasteiger charge is -2.17. The summed E-state index contributed by atoms with van der Waals surface area (Å²) >= 11 is 0. The van der Waals surface area contributed by atoms with Crippen molar-refractivity contribution in [2.45, 2.75) is 25.7 Å². The molecule has 1 unspecified atom stereocenters. The van der Waals surface area contributed by atoms with Gasteiger partial charge in [0.2, 0.25) is 0 Å². The molecule has 2 aromatic rings. The van der Waals surface area contributed by atoms with E-state index in [-0.39, 0.29) is 11.7 Å². The minimum atomic E-state index is -0.193. The van der Waals surface area contributed by atoms with E-state index < -0.39 is 0 Å². The SMILES string of the molecule is CCc1ccccc1OCCC(CN)c1ccccc1F. The molecule has 2 N–H and O–H groups in total. The molecule has 0 aliphatic rings. The third-order valence-electron chi connectivity index (χ3n) is 3.71. The smallest absolute Gasteiger partial charge is 0.126 e. The van der Waals surface area contributed by atoms with E-state index >= 15 is 0 Å². The number of hydrogen-bond donors (Lipinski definition) is 1. The van der Waals surface area contributed by atoms with Gasteiger partial charge < -0.3 is 10.5 Å². The third kappa shape index (κ3) is 4.05. The van der Waals surface area contributed by atoms with Crippen LogP contribution in [0.25, 0.3) is 0 Å². The molecule has 0 amide bonds. The lowest BCUT2D eigenvalue weighted by molar-refractivity contribution is 0.294. The van der Waals surface area contributed by atoms with E-state index in [4.69, 9.17) is 10.5 Å². The highest BCUT2D eigenvalue weighted by Crippen LogP contribution is 2.23. The number of aryl methyl sites for hydroxylation is 1. The second-order valence-corrected chi connectivity index (χ2v) is 5.05. The number of nitrogens with two attached hydrogens (primary N) is 1. The molecule has 2 nitrogen and oxygen atoms in total. The molecule has 3 heteroatoms. The molecule has 0 aromatic heterocycles. The van der Waals surface area contributed by atoms with Crippen molar-refractivity contribution in [2.75, 3.05) is 13.2 Å². The first-order valence-electron chi connectivity index (χ1n) is 7.41. The van der Waals surface area contributed by atoms with Crippen LogP contribution in [-0.2, 0) is 6.42 Å². The van der Waals surface area contributed by atoms with Crippen LogP contribution < -0.4 is 10.5 Å².